The third kappa shape index (κ3) is 2.81. The minimum atomic E-state index is -0.158. The van der Waals surface area contributed by atoms with Gasteiger partial charge in [0.2, 0.25) is 0 Å². The highest BCUT2D eigenvalue weighted by molar-refractivity contribution is 6.06. The van der Waals surface area contributed by atoms with Gasteiger partial charge in [-0.25, -0.2) is 0 Å². The predicted molar refractivity (Wildman–Crippen MR) is 83.4 cm³/mol. The van der Waals surface area contributed by atoms with Crippen LogP contribution in [0, 0.1) is 0 Å². The maximum atomic E-state index is 12.6. The molecule has 1 aliphatic heterocycles. The van der Waals surface area contributed by atoms with Gasteiger partial charge in [0, 0.05) is 42.4 Å². The molecule has 21 heavy (non-hydrogen) atoms. The second-order valence-corrected chi connectivity index (χ2v) is 6.44. The number of ether oxygens (including phenoxy) is 1. The molecule has 4 nitrogen and oxygen atoms in total. The second kappa shape index (κ2) is 5.19. The zero-order valence-corrected chi connectivity index (χ0v) is 12.8. The molecule has 1 saturated heterocycles. The highest BCUT2D eigenvalue weighted by Crippen LogP contribution is 2.25. The molecular weight excluding hydrogens is 264 g/mol. The Morgan fingerprint density at radius 1 is 1.38 bits per heavy atom. The first-order valence-corrected chi connectivity index (χ1v) is 7.45. The maximum absolute atomic E-state index is 12.6. The molecule has 0 aliphatic carbocycles. The summed E-state index contributed by atoms with van der Waals surface area (Å²) in [6.07, 6.45) is 3.71. The summed E-state index contributed by atoms with van der Waals surface area (Å²) in [5, 5.41) is 4.17. The molecule has 1 aliphatic rings. The summed E-state index contributed by atoms with van der Waals surface area (Å²) in [4.78, 5) is 12.6. The SMILES string of the molecule is Cn1ccc2c(C(=O)N[C@H]3CCOC(C)(C)C3)cccc21. The van der Waals surface area contributed by atoms with Crippen molar-refractivity contribution in [2.24, 2.45) is 7.05 Å². The summed E-state index contributed by atoms with van der Waals surface area (Å²) in [6, 6.07) is 8.04. The lowest BCUT2D eigenvalue weighted by Gasteiger charge is -2.35. The van der Waals surface area contributed by atoms with Crippen molar-refractivity contribution in [2.45, 2.75) is 38.3 Å². The Labute approximate surface area is 125 Å². The number of hydrogen-bond acceptors (Lipinski definition) is 2. The predicted octanol–water partition coefficient (Wildman–Crippen LogP) is 2.87. The zero-order chi connectivity index (χ0) is 15.0. The van der Waals surface area contributed by atoms with E-state index in [4.69, 9.17) is 4.74 Å². The van der Waals surface area contributed by atoms with E-state index in [2.05, 4.69) is 19.2 Å². The van der Waals surface area contributed by atoms with Gasteiger partial charge in [-0.3, -0.25) is 4.79 Å². The van der Waals surface area contributed by atoms with Crippen LogP contribution in [-0.4, -0.2) is 28.7 Å². The van der Waals surface area contributed by atoms with E-state index < -0.39 is 0 Å². The van der Waals surface area contributed by atoms with Crippen LogP contribution in [-0.2, 0) is 11.8 Å². The van der Waals surface area contributed by atoms with Gasteiger partial charge in [0.15, 0.2) is 0 Å². The number of fused-ring (bicyclic) bond motifs is 1. The molecule has 1 aromatic heterocycles. The van der Waals surface area contributed by atoms with Gasteiger partial charge in [-0.15, -0.1) is 0 Å². The van der Waals surface area contributed by atoms with Crippen molar-refractivity contribution in [3.05, 3.63) is 36.0 Å². The Balaban J connectivity index is 1.81. The molecule has 1 fully saturated rings. The first-order chi connectivity index (χ1) is 9.96. The van der Waals surface area contributed by atoms with Crippen molar-refractivity contribution >= 4 is 16.8 Å². The van der Waals surface area contributed by atoms with Crippen molar-refractivity contribution in [1.29, 1.82) is 0 Å². The Morgan fingerprint density at radius 3 is 2.95 bits per heavy atom. The van der Waals surface area contributed by atoms with Crippen LogP contribution in [0.15, 0.2) is 30.5 Å². The van der Waals surface area contributed by atoms with E-state index in [9.17, 15) is 4.79 Å². The van der Waals surface area contributed by atoms with Crippen molar-refractivity contribution in [3.63, 3.8) is 0 Å². The minimum Gasteiger partial charge on any atom is -0.375 e. The molecular formula is C17H22N2O2. The second-order valence-electron chi connectivity index (χ2n) is 6.44. The van der Waals surface area contributed by atoms with Crippen LogP contribution < -0.4 is 5.32 Å². The van der Waals surface area contributed by atoms with E-state index in [0.717, 1.165) is 29.3 Å². The van der Waals surface area contributed by atoms with Crippen molar-refractivity contribution in [1.82, 2.24) is 9.88 Å². The molecule has 0 unspecified atom stereocenters. The number of benzene rings is 1. The molecule has 1 aromatic carbocycles. The van der Waals surface area contributed by atoms with Crippen LogP contribution in [0.4, 0.5) is 0 Å². The van der Waals surface area contributed by atoms with Gasteiger partial charge in [0.25, 0.3) is 5.91 Å². The number of aryl methyl sites for hydroxylation is 1. The molecule has 4 heteroatoms. The molecule has 0 spiro atoms. The smallest absolute Gasteiger partial charge is 0.252 e. The van der Waals surface area contributed by atoms with Crippen LogP contribution in [0.1, 0.15) is 37.0 Å². The third-order valence-electron chi connectivity index (χ3n) is 4.20. The number of aromatic nitrogens is 1. The van der Waals surface area contributed by atoms with Crippen LogP contribution in [0.3, 0.4) is 0 Å². The zero-order valence-electron chi connectivity index (χ0n) is 12.8. The highest BCUT2D eigenvalue weighted by Gasteiger charge is 2.30. The number of carbonyl (C=O) groups excluding carboxylic acids is 1. The minimum absolute atomic E-state index is 0.00880. The summed E-state index contributed by atoms with van der Waals surface area (Å²) in [5.41, 5.74) is 1.67. The summed E-state index contributed by atoms with van der Waals surface area (Å²) in [7, 11) is 1.99. The van der Waals surface area contributed by atoms with Crippen LogP contribution in [0.5, 0.6) is 0 Å². The Kier molecular flexibility index (Phi) is 3.49. The van der Waals surface area contributed by atoms with E-state index in [1.54, 1.807) is 0 Å². The largest absolute Gasteiger partial charge is 0.375 e. The molecule has 0 saturated carbocycles. The average molecular weight is 286 g/mol. The van der Waals surface area contributed by atoms with E-state index in [1.807, 2.05) is 42.1 Å². The first-order valence-electron chi connectivity index (χ1n) is 7.45. The molecule has 1 N–H and O–H groups in total. The summed E-state index contributed by atoms with van der Waals surface area (Å²) < 4.78 is 7.73. The summed E-state index contributed by atoms with van der Waals surface area (Å²) in [5.74, 6) is 0.00880. The number of rotatable bonds is 2. The molecule has 0 bridgehead atoms. The van der Waals surface area contributed by atoms with Crippen LogP contribution in [0.2, 0.25) is 0 Å². The first kappa shape index (κ1) is 14.1. The van der Waals surface area contributed by atoms with E-state index in [-0.39, 0.29) is 17.6 Å². The van der Waals surface area contributed by atoms with Gasteiger partial charge < -0.3 is 14.6 Å². The van der Waals surface area contributed by atoms with Gasteiger partial charge in [-0.2, -0.15) is 0 Å². The number of nitrogens with one attached hydrogen (secondary N) is 1. The van der Waals surface area contributed by atoms with E-state index >= 15 is 0 Å². The molecule has 1 amide bonds. The number of amides is 1. The molecule has 112 valence electrons. The lowest BCUT2D eigenvalue weighted by atomic mass is 9.93. The number of carbonyl (C=O) groups is 1. The van der Waals surface area contributed by atoms with Gasteiger partial charge in [0.05, 0.1) is 5.60 Å². The average Bonchev–Trinajstić information content (AvgIpc) is 2.79. The Morgan fingerprint density at radius 2 is 2.19 bits per heavy atom. The van der Waals surface area contributed by atoms with Gasteiger partial charge in [0.1, 0.15) is 0 Å². The quantitative estimate of drug-likeness (QED) is 0.922. The fourth-order valence-corrected chi connectivity index (χ4v) is 3.12. The lowest BCUT2D eigenvalue weighted by Crippen LogP contribution is -2.45. The maximum Gasteiger partial charge on any atom is 0.252 e. The van der Waals surface area contributed by atoms with E-state index in [0.29, 0.717) is 6.61 Å². The van der Waals surface area contributed by atoms with Crippen molar-refractivity contribution < 1.29 is 9.53 Å². The fraction of sp³-hybridized carbons (Fsp3) is 0.471. The van der Waals surface area contributed by atoms with Crippen molar-refractivity contribution in [2.75, 3.05) is 6.61 Å². The Hall–Kier alpha value is -1.81. The molecule has 3 rings (SSSR count). The topological polar surface area (TPSA) is 43.3 Å². The van der Waals surface area contributed by atoms with Crippen LogP contribution in [0.25, 0.3) is 10.9 Å². The molecule has 1 atom stereocenters. The van der Waals surface area contributed by atoms with E-state index in [1.165, 1.54) is 0 Å². The summed E-state index contributed by atoms with van der Waals surface area (Å²) in [6.45, 7) is 4.85. The standard InChI is InChI=1S/C17H22N2O2/c1-17(2)11-12(8-10-21-17)18-16(20)14-5-4-6-15-13(14)7-9-19(15)3/h4-7,9,12H,8,10-11H2,1-3H3,(H,18,20)/t12-/m0/s1. The number of hydrogen-bond donors (Lipinski definition) is 1. The van der Waals surface area contributed by atoms with Gasteiger partial charge >= 0.3 is 0 Å². The fourth-order valence-electron chi connectivity index (χ4n) is 3.12. The summed E-state index contributed by atoms with van der Waals surface area (Å²) >= 11 is 0. The third-order valence-corrected chi connectivity index (χ3v) is 4.20. The number of nitrogens with zero attached hydrogens (tertiary/aromatic N) is 1. The molecule has 2 aromatic rings. The monoisotopic (exact) mass is 286 g/mol. The van der Waals surface area contributed by atoms with Crippen molar-refractivity contribution in [3.8, 4) is 0 Å². The Bertz CT molecular complexity index is 672. The normalized spacial score (nSPS) is 21.4. The lowest BCUT2D eigenvalue weighted by molar-refractivity contribution is -0.0615. The van der Waals surface area contributed by atoms with Crippen LogP contribution >= 0.6 is 0 Å². The highest BCUT2D eigenvalue weighted by atomic mass is 16.5. The molecule has 0 radical (unpaired) electrons. The van der Waals surface area contributed by atoms with Gasteiger partial charge in [-0.1, -0.05) is 6.07 Å². The molecule has 2 heterocycles. The van der Waals surface area contributed by atoms with Gasteiger partial charge in [-0.05, 0) is 44.9 Å².